The second-order valence-corrected chi connectivity index (χ2v) is 2.98. The van der Waals surface area contributed by atoms with E-state index in [1.165, 1.54) is 0 Å². The first-order chi connectivity index (χ1) is 4.20. The zero-order valence-corrected chi connectivity index (χ0v) is 6.77. The molecule has 1 aliphatic heterocycles. The summed E-state index contributed by atoms with van der Waals surface area (Å²) in [5.74, 6) is 0. The van der Waals surface area contributed by atoms with Crippen LogP contribution in [0.4, 0.5) is 0 Å². The van der Waals surface area contributed by atoms with E-state index in [4.69, 9.17) is 5.73 Å². The molecular formula is C6H9BrN2. The van der Waals surface area contributed by atoms with Crippen LogP contribution in [0.15, 0.2) is 22.3 Å². The number of hydrogen-bond donors (Lipinski definition) is 2. The van der Waals surface area contributed by atoms with E-state index in [1.54, 1.807) is 0 Å². The smallest absolute Gasteiger partial charge is 0.0962 e. The van der Waals surface area contributed by atoms with Crippen molar-refractivity contribution in [3.8, 4) is 0 Å². The molecule has 0 bridgehead atoms. The van der Waals surface area contributed by atoms with E-state index in [-0.39, 0.29) is 6.17 Å². The third-order valence-electron chi connectivity index (χ3n) is 1.26. The Morgan fingerprint density at radius 2 is 2.44 bits per heavy atom. The van der Waals surface area contributed by atoms with Crippen molar-refractivity contribution in [1.82, 2.24) is 5.32 Å². The molecule has 3 N–H and O–H groups in total. The second-order valence-electron chi connectivity index (χ2n) is 2.06. The van der Waals surface area contributed by atoms with Gasteiger partial charge in [-0.1, -0.05) is 0 Å². The summed E-state index contributed by atoms with van der Waals surface area (Å²) in [6, 6.07) is 0. The molecule has 1 unspecified atom stereocenters. The number of nitrogens with one attached hydrogen (secondary N) is 1. The van der Waals surface area contributed by atoms with E-state index < -0.39 is 0 Å². The van der Waals surface area contributed by atoms with Gasteiger partial charge in [-0.2, -0.15) is 0 Å². The molecule has 0 aliphatic carbocycles. The summed E-state index contributed by atoms with van der Waals surface area (Å²) < 4.78 is 1.04. The summed E-state index contributed by atoms with van der Waals surface area (Å²) in [7, 11) is 0. The average Bonchev–Trinajstić information content (AvgIpc) is 1.80. The summed E-state index contributed by atoms with van der Waals surface area (Å²) in [6.45, 7) is 1.99. The van der Waals surface area contributed by atoms with Crippen LogP contribution in [0.3, 0.4) is 0 Å². The summed E-state index contributed by atoms with van der Waals surface area (Å²) >= 11 is 3.32. The third-order valence-corrected chi connectivity index (χ3v) is 1.71. The van der Waals surface area contributed by atoms with Crippen molar-refractivity contribution in [2.75, 3.05) is 0 Å². The topological polar surface area (TPSA) is 38.0 Å². The Labute approximate surface area is 62.9 Å². The molecule has 0 amide bonds. The van der Waals surface area contributed by atoms with E-state index in [9.17, 15) is 0 Å². The van der Waals surface area contributed by atoms with Gasteiger partial charge in [-0.3, -0.25) is 0 Å². The zero-order chi connectivity index (χ0) is 6.85. The lowest BCUT2D eigenvalue weighted by Crippen LogP contribution is -2.36. The molecule has 0 aromatic rings. The Morgan fingerprint density at radius 3 is 2.89 bits per heavy atom. The van der Waals surface area contributed by atoms with Gasteiger partial charge in [-0.05, 0) is 34.5 Å². The standard InChI is InChI=1S/C6H9BrN2/c1-4-2-5(7)3-9-6(4)8/h2-3,6,9H,8H2,1H3. The molecule has 0 spiro atoms. The lowest BCUT2D eigenvalue weighted by atomic mass is 10.2. The number of nitrogens with two attached hydrogens (primary N) is 1. The van der Waals surface area contributed by atoms with E-state index in [0.29, 0.717) is 0 Å². The van der Waals surface area contributed by atoms with Crippen LogP contribution in [0.25, 0.3) is 0 Å². The molecule has 1 aliphatic rings. The predicted molar refractivity (Wildman–Crippen MR) is 41.9 cm³/mol. The summed E-state index contributed by atoms with van der Waals surface area (Å²) in [5.41, 5.74) is 6.74. The van der Waals surface area contributed by atoms with Gasteiger partial charge in [0.15, 0.2) is 0 Å². The lowest BCUT2D eigenvalue weighted by Gasteiger charge is -2.16. The fraction of sp³-hybridized carbons (Fsp3) is 0.333. The predicted octanol–water partition coefficient (Wildman–Crippen LogP) is 1.06. The molecule has 0 aromatic carbocycles. The molecule has 3 heteroatoms. The van der Waals surface area contributed by atoms with E-state index in [1.807, 2.05) is 19.2 Å². The van der Waals surface area contributed by atoms with Gasteiger partial charge < -0.3 is 11.1 Å². The molecule has 0 radical (unpaired) electrons. The second kappa shape index (κ2) is 2.54. The van der Waals surface area contributed by atoms with Crippen LogP contribution in [0.1, 0.15) is 6.92 Å². The van der Waals surface area contributed by atoms with Crippen LogP contribution >= 0.6 is 15.9 Å². The first kappa shape index (κ1) is 6.83. The summed E-state index contributed by atoms with van der Waals surface area (Å²) in [5, 5.41) is 2.98. The Balaban J connectivity index is 2.74. The molecule has 50 valence electrons. The van der Waals surface area contributed by atoms with Crippen LogP contribution in [0.2, 0.25) is 0 Å². The van der Waals surface area contributed by atoms with Gasteiger partial charge in [-0.25, -0.2) is 0 Å². The van der Waals surface area contributed by atoms with Gasteiger partial charge in [0.2, 0.25) is 0 Å². The molecule has 1 atom stereocenters. The van der Waals surface area contributed by atoms with Gasteiger partial charge in [0.1, 0.15) is 0 Å². The Kier molecular flexibility index (Phi) is 1.93. The maximum Gasteiger partial charge on any atom is 0.0962 e. The van der Waals surface area contributed by atoms with Crippen molar-refractivity contribution in [3.63, 3.8) is 0 Å². The Bertz CT molecular complexity index is 172. The molecule has 0 fully saturated rings. The Hall–Kier alpha value is -0.280. The fourth-order valence-corrected chi connectivity index (χ4v) is 1.14. The number of rotatable bonds is 0. The van der Waals surface area contributed by atoms with Crippen molar-refractivity contribution in [2.45, 2.75) is 13.1 Å². The van der Waals surface area contributed by atoms with Crippen LogP contribution in [0.5, 0.6) is 0 Å². The number of dihydropyridines is 1. The number of halogens is 1. The molecule has 0 saturated heterocycles. The van der Waals surface area contributed by atoms with Gasteiger partial charge in [0.05, 0.1) is 6.17 Å². The quantitative estimate of drug-likeness (QED) is 0.597. The summed E-state index contributed by atoms with van der Waals surface area (Å²) in [4.78, 5) is 0. The van der Waals surface area contributed by atoms with Gasteiger partial charge >= 0.3 is 0 Å². The first-order valence-electron chi connectivity index (χ1n) is 2.75. The molecule has 0 aromatic heterocycles. The highest BCUT2D eigenvalue weighted by atomic mass is 79.9. The average molecular weight is 189 g/mol. The zero-order valence-electron chi connectivity index (χ0n) is 5.19. The normalized spacial score (nSPS) is 26.3. The van der Waals surface area contributed by atoms with Crippen molar-refractivity contribution >= 4 is 15.9 Å². The monoisotopic (exact) mass is 188 g/mol. The van der Waals surface area contributed by atoms with Gasteiger partial charge in [-0.15, -0.1) is 0 Å². The molecular weight excluding hydrogens is 180 g/mol. The van der Waals surface area contributed by atoms with Crippen molar-refractivity contribution in [2.24, 2.45) is 5.73 Å². The van der Waals surface area contributed by atoms with Crippen LogP contribution in [0, 0.1) is 0 Å². The highest BCUT2D eigenvalue weighted by Crippen LogP contribution is 2.13. The largest absolute Gasteiger partial charge is 0.372 e. The first-order valence-corrected chi connectivity index (χ1v) is 3.55. The molecule has 9 heavy (non-hydrogen) atoms. The lowest BCUT2D eigenvalue weighted by molar-refractivity contribution is 0.686. The van der Waals surface area contributed by atoms with Crippen LogP contribution < -0.4 is 11.1 Å². The number of allylic oxidation sites excluding steroid dienone is 2. The van der Waals surface area contributed by atoms with Crippen LogP contribution in [-0.2, 0) is 0 Å². The van der Waals surface area contributed by atoms with Gasteiger partial charge in [0.25, 0.3) is 0 Å². The van der Waals surface area contributed by atoms with Crippen LogP contribution in [-0.4, -0.2) is 6.17 Å². The molecule has 2 nitrogen and oxygen atoms in total. The minimum Gasteiger partial charge on any atom is -0.372 e. The van der Waals surface area contributed by atoms with E-state index >= 15 is 0 Å². The maximum absolute atomic E-state index is 5.60. The van der Waals surface area contributed by atoms with E-state index in [0.717, 1.165) is 10.1 Å². The van der Waals surface area contributed by atoms with Crippen molar-refractivity contribution in [3.05, 3.63) is 22.3 Å². The highest BCUT2D eigenvalue weighted by Gasteiger charge is 2.05. The Morgan fingerprint density at radius 1 is 1.78 bits per heavy atom. The number of hydrogen-bond acceptors (Lipinski definition) is 2. The van der Waals surface area contributed by atoms with Gasteiger partial charge in [0, 0.05) is 10.7 Å². The molecule has 1 heterocycles. The maximum atomic E-state index is 5.60. The fourth-order valence-electron chi connectivity index (χ4n) is 0.650. The third kappa shape index (κ3) is 1.56. The van der Waals surface area contributed by atoms with E-state index in [2.05, 4.69) is 21.2 Å². The highest BCUT2D eigenvalue weighted by molar-refractivity contribution is 9.11. The molecule has 1 rings (SSSR count). The summed E-state index contributed by atoms with van der Waals surface area (Å²) in [6.07, 6.45) is 3.84. The minimum atomic E-state index is -0.00806. The minimum absolute atomic E-state index is 0.00806. The SMILES string of the molecule is CC1=CC(Br)=CNC1N. The van der Waals surface area contributed by atoms with Crippen molar-refractivity contribution < 1.29 is 0 Å². The molecule has 0 saturated carbocycles. The van der Waals surface area contributed by atoms with Crippen molar-refractivity contribution in [1.29, 1.82) is 0 Å².